The lowest BCUT2D eigenvalue weighted by Gasteiger charge is -2.17. The summed E-state index contributed by atoms with van der Waals surface area (Å²) < 4.78 is 39.1. The van der Waals surface area contributed by atoms with Gasteiger partial charge in [-0.3, -0.25) is 4.79 Å². The van der Waals surface area contributed by atoms with Crippen LogP contribution in [0.3, 0.4) is 0 Å². The Morgan fingerprint density at radius 2 is 1.63 bits per heavy atom. The highest BCUT2D eigenvalue weighted by molar-refractivity contribution is 7.91. The Balaban J connectivity index is 3.01. The molecule has 2 N–H and O–H groups in total. The average Bonchev–Trinajstić information content (AvgIpc) is 2.63. The number of nitrogens with one attached hydrogen (secondary N) is 1. The Morgan fingerprint density at radius 3 is 2.04 bits per heavy atom. The molecule has 10 heteroatoms. The van der Waals surface area contributed by atoms with Crippen molar-refractivity contribution in [2.45, 2.75) is 25.8 Å². The number of hydrogen-bond donors (Lipinski definition) is 2. The fraction of sp³-hybridized carbons (Fsp3) is 0.529. The SMILES string of the molecule is CCCS(=O)(=O)CCC(NC(=O)c1cc(OC)c(OC)c(OC)c1)C(=O)O. The van der Waals surface area contributed by atoms with Crippen LogP contribution in [-0.4, -0.2) is 64.3 Å². The summed E-state index contributed by atoms with van der Waals surface area (Å²) in [5, 5.41) is 11.6. The van der Waals surface area contributed by atoms with Crippen molar-refractivity contribution in [3.05, 3.63) is 17.7 Å². The molecule has 1 rings (SSSR count). The first-order valence-corrected chi connectivity index (χ1v) is 10.0. The largest absolute Gasteiger partial charge is 0.493 e. The molecule has 27 heavy (non-hydrogen) atoms. The summed E-state index contributed by atoms with van der Waals surface area (Å²) in [6.45, 7) is 1.72. The van der Waals surface area contributed by atoms with Crippen LogP contribution in [0.25, 0.3) is 0 Å². The van der Waals surface area contributed by atoms with Gasteiger partial charge in [0.2, 0.25) is 5.75 Å². The number of carboxylic acids is 1. The molecule has 0 aliphatic heterocycles. The summed E-state index contributed by atoms with van der Waals surface area (Å²) in [6.07, 6.45) is 0.214. The molecule has 1 atom stereocenters. The molecule has 0 heterocycles. The molecule has 1 aromatic rings. The maximum absolute atomic E-state index is 12.5. The molecule has 1 unspecified atom stereocenters. The molecular formula is C17H25NO8S. The van der Waals surface area contributed by atoms with E-state index in [-0.39, 0.29) is 40.7 Å². The van der Waals surface area contributed by atoms with Gasteiger partial charge in [-0.1, -0.05) is 6.92 Å². The minimum absolute atomic E-state index is 0.0276. The van der Waals surface area contributed by atoms with Gasteiger partial charge in [-0.15, -0.1) is 0 Å². The van der Waals surface area contributed by atoms with Crippen LogP contribution in [0, 0.1) is 0 Å². The zero-order valence-electron chi connectivity index (χ0n) is 15.8. The van der Waals surface area contributed by atoms with Gasteiger partial charge >= 0.3 is 5.97 Å². The van der Waals surface area contributed by atoms with Gasteiger partial charge in [-0.2, -0.15) is 0 Å². The number of sulfone groups is 1. The second-order valence-corrected chi connectivity index (χ2v) is 8.02. The van der Waals surface area contributed by atoms with Crippen molar-refractivity contribution in [1.82, 2.24) is 5.32 Å². The van der Waals surface area contributed by atoms with E-state index in [2.05, 4.69) is 5.32 Å². The number of aliphatic carboxylic acids is 1. The van der Waals surface area contributed by atoms with Crippen molar-refractivity contribution in [2.24, 2.45) is 0 Å². The number of amides is 1. The minimum atomic E-state index is -3.36. The van der Waals surface area contributed by atoms with E-state index in [9.17, 15) is 23.1 Å². The number of hydrogen-bond acceptors (Lipinski definition) is 7. The zero-order chi connectivity index (χ0) is 20.6. The van der Waals surface area contributed by atoms with Gasteiger partial charge in [0.05, 0.1) is 27.1 Å². The van der Waals surface area contributed by atoms with Gasteiger partial charge in [-0.05, 0) is 25.0 Å². The van der Waals surface area contributed by atoms with Crippen molar-refractivity contribution < 1.29 is 37.3 Å². The molecule has 0 aliphatic carbocycles. The van der Waals surface area contributed by atoms with Crippen LogP contribution in [0.5, 0.6) is 17.2 Å². The average molecular weight is 403 g/mol. The Labute approximate surface area is 158 Å². The summed E-state index contributed by atoms with van der Waals surface area (Å²) in [5.74, 6) is -1.61. The maximum Gasteiger partial charge on any atom is 0.326 e. The van der Waals surface area contributed by atoms with Gasteiger partial charge in [0.1, 0.15) is 15.9 Å². The predicted molar refractivity (Wildman–Crippen MR) is 98.5 cm³/mol. The van der Waals surface area contributed by atoms with Gasteiger partial charge in [0, 0.05) is 11.3 Å². The van der Waals surface area contributed by atoms with E-state index in [1.54, 1.807) is 6.92 Å². The fourth-order valence-electron chi connectivity index (χ4n) is 2.42. The molecule has 0 saturated heterocycles. The summed E-state index contributed by atoms with van der Waals surface area (Å²) in [5.41, 5.74) is 0.0900. The van der Waals surface area contributed by atoms with Gasteiger partial charge in [-0.25, -0.2) is 13.2 Å². The van der Waals surface area contributed by atoms with Crippen molar-refractivity contribution in [3.8, 4) is 17.2 Å². The standard InChI is InChI=1S/C17H25NO8S/c1-5-7-27(22,23)8-6-12(17(20)21)18-16(19)11-9-13(24-2)15(26-4)14(10-11)25-3/h9-10,12H,5-8H2,1-4H3,(H,18,19)(H,20,21). The van der Waals surface area contributed by atoms with Gasteiger partial charge < -0.3 is 24.6 Å². The Hall–Kier alpha value is -2.49. The maximum atomic E-state index is 12.5. The van der Waals surface area contributed by atoms with Crippen LogP contribution >= 0.6 is 0 Å². The van der Waals surface area contributed by atoms with E-state index >= 15 is 0 Å². The highest BCUT2D eigenvalue weighted by Gasteiger charge is 2.25. The van der Waals surface area contributed by atoms with E-state index in [4.69, 9.17) is 14.2 Å². The smallest absolute Gasteiger partial charge is 0.326 e. The fourth-order valence-corrected chi connectivity index (χ4v) is 3.84. The van der Waals surface area contributed by atoms with E-state index < -0.39 is 27.8 Å². The molecule has 0 fully saturated rings. The normalized spacial score (nSPS) is 12.1. The lowest BCUT2D eigenvalue weighted by Crippen LogP contribution is -2.42. The van der Waals surface area contributed by atoms with Gasteiger partial charge in [0.25, 0.3) is 5.91 Å². The number of rotatable bonds is 11. The summed E-state index contributed by atoms with van der Waals surface area (Å²) >= 11 is 0. The van der Waals surface area contributed by atoms with Crippen LogP contribution in [0.2, 0.25) is 0 Å². The molecule has 152 valence electrons. The van der Waals surface area contributed by atoms with Crippen LogP contribution in [-0.2, 0) is 14.6 Å². The third kappa shape index (κ3) is 6.31. The van der Waals surface area contributed by atoms with Crippen molar-refractivity contribution >= 4 is 21.7 Å². The molecular weight excluding hydrogens is 378 g/mol. The third-order valence-electron chi connectivity index (χ3n) is 3.76. The minimum Gasteiger partial charge on any atom is -0.493 e. The summed E-state index contributed by atoms with van der Waals surface area (Å²) in [6, 6.07) is 1.41. The number of ether oxygens (including phenoxy) is 3. The number of carboxylic acid groups (broad SMARTS) is 1. The van der Waals surface area contributed by atoms with Crippen molar-refractivity contribution in [1.29, 1.82) is 0 Å². The summed E-state index contributed by atoms with van der Waals surface area (Å²) in [4.78, 5) is 23.9. The number of methoxy groups -OCH3 is 3. The predicted octanol–water partition coefficient (Wildman–Crippen LogP) is 1.11. The Kier molecular flexibility index (Phi) is 8.35. The highest BCUT2D eigenvalue weighted by atomic mass is 32.2. The van der Waals surface area contributed by atoms with E-state index in [0.717, 1.165) is 0 Å². The second kappa shape index (κ2) is 10.0. The molecule has 0 radical (unpaired) electrons. The Bertz CT molecular complexity index is 750. The monoisotopic (exact) mass is 403 g/mol. The van der Waals surface area contributed by atoms with E-state index in [1.165, 1.54) is 33.5 Å². The quantitative estimate of drug-likeness (QED) is 0.562. The first-order chi connectivity index (χ1) is 12.7. The van der Waals surface area contributed by atoms with E-state index in [0.29, 0.717) is 6.42 Å². The molecule has 9 nitrogen and oxygen atoms in total. The second-order valence-electron chi connectivity index (χ2n) is 5.72. The highest BCUT2D eigenvalue weighted by Crippen LogP contribution is 2.38. The first kappa shape index (κ1) is 22.6. The van der Waals surface area contributed by atoms with Crippen LogP contribution in [0.4, 0.5) is 0 Å². The molecule has 1 amide bonds. The molecule has 0 spiro atoms. The van der Waals surface area contributed by atoms with Crippen molar-refractivity contribution in [3.63, 3.8) is 0 Å². The third-order valence-corrected chi connectivity index (χ3v) is 5.65. The number of carbonyl (C=O) groups is 2. The molecule has 0 aliphatic rings. The van der Waals surface area contributed by atoms with Gasteiger partial charge in [0.15, 0.2) is 11.5 Å². The summed E-state index contributed by atoms with van der Waals surface area (Å²) in [7, 11) is 0.825. The Morgan fingerprint density at radius 1 is 1.07 bits per heavy atom. The lowest BCUT2D eigenvalue weighted by atomic mass is 10.1. The topological polar surface area (TPSA) is 128 Å². The number of benzene rings is 1. The molecule has 0 saturated carbocycles. The number of carbonyl (C=O) groups excluding carboxylic acids is 1. The van der Waals surface area contributed by atoms with Crippen LogP contribution in [0.1, 0.15) is 30.1 Å². The van der Waals surface area contributed by atoms with Crippen molar-refractivity contribution in [2.75, 3.05) is 32.8 Å². The van der Waals surface area contributed by atoms with Crippen LogP contribution in [0.15, 0.2) is 12.1 Å². The molecule has 1 aromatic carbocycles. The van der Waals surface area contributed by atoms with E-state index in [1.807, 2.05) is 0 Å². The zero-order valence-corrected chi connectivity index (χ0v) is 16.6. The molecule has 0 aromatic heterocycles. The first-order valence-electron chi connectivity index (χ1n) is 8.23. The lowest BCUT2D eigenvalue weighted by molar-refractivity contribution is -0.139. The van der Waals surface area contributed by atoms with Crippen LogP contribution < -0.4 is 19.5 Å². The molecule has 0 bridgehead atoms.